The van der Waals surface area contributed by atoms with E-state index >= 15 is 0 Å². The molecule has 8 heteroatoms. The number of pyridine rings is 2. The number of aromatic amines is 1. The van der Waals surface area contributed by atoms with Crippen LogP contribution in [0.15, 0.2) is 65.6 Å². The van der Waals surface area contributed by atoms with Gasteiger partial charge in [0.05, 0.1) is 5.02 Å². The van der Waals surface area contributed by atoms with Gasteiger partial charge in [-0.2, -0.15) is 0 Å². The van der Waals surface area contributed by atoms with E-state index in [4.69, 9.17) is 11.6 Å². The summed E-state index contributed by atoms with van der Waals surface area (Å²) in [6.07, 6.45) is 1.70. The number of piperazine rings is 1. The molecule has 1 fully saturated rings. The second-order valence-electron chi connectivity index (χ2n) is 7.48. The van der Waals surface area contributed by atoms with Crippen LogP contribution in [0.4, 0.5) is 5.82 Å². The molecule has 31 heavy (non-hydrogen) atoms. The van der Waals surface area contributed by atoms with Crippen molar-refractivity contribution in [1.82, 2.24) is 14.9 Å². The molecule has 162 valence electrons. The van der Waals surface area contributed by atoms with Gasteiger partial charge < -0.3 is 9.88 Å². The van der Waals surface area contributed by atoms with Crippen LogP contribution >= 0.6 is 36.4 Å². The molecule has 1 N–H and O–H groups in total. The van der Waals surface area contributed by atoms with Gasteiger partial charge in [-0.05, 0) is 35.2 Å². The number of rotatable bonds is 3. The van der Waals surface area contributed by atoms with E-state index in [9.17, 15) is 4.79 Å². The Morgan fingerprint density at radius 1 is 0.903 bits per heavy atom. The van der Waals surface area contributed by atoms with Gasteiger partial charge in [-0.1, -0.05) is 41.9 Å². The van der Waals surface area contributed by atoms with Gasteiger partial charge >= 0.3 is 0 Å². The van der Waals surface area contributed by atoms with Crippen molar-refractivity contribution in [3.8, 4) is 0 Å². The van der Waals surface area contributed by atoms with Crippen LogP contribution in [0.2, 0.25) is 5.02 Å². The standard InChI is InChI=1S/C23H21ClN4O.2ClH/c24-17-6-8-22(25-14-17)28-11-9-27(10-12-28)15-16-5-7-19-18-3-1-2-4-20(18)23(29)26-21(19)13-16;;/h1-8,13-14H,9-12,15H2,(H,26,29);2*1H. The summed E-state index contributed by atoms with van der Waals surface area (Å²) in [6.45, 7) is 4.67. The van der Waals surface area contributed by atoms with E-state index in [1.807, 2.05) is 36.4 Å². The Bertz CT molecular complexity index is 1240. The number of hydrogen-bond acceptors (Lipinski definition) is 4. The van der Waals surface area contributed by atoms with Gasteiger partial charge in [-0.3, -0.25) is 9.69 Å². The van der Waals surface area contributed by atoms with E-state index in [0.29, 0.717) is 5.02 Å². The quantitative estimate of drug-likeness (QED) is 0.427. The Morgan fingerprint density at radius 3 is 2.35 bits per heavy atom. The molecule has 5 nitrogen and oxygen atoms in total. The smallest absolute Gasteiger partial charge is 0.256 e. The van der Waals surface area contributed by atoms with Gasteiger partial charge in [-0.25, -0.2) is 4.98 Å². The molecule has 0 saturated carbocycles. The maximum Gasteiger partial charge on any atom is 0.256 e. The van der Waals surface area contributed by atoms with Crippen LogP contribution in [0.5, 0.6) is 0 Å². The van der Waals surface area contributed by atoms with Crippen molar-refractivity contribution in [3.05, 3.63) is 81.7 Å². The SMILES string of the molecule is Cl.Cl.O=c1[nH]c2cc(CN3CCN(c4ccc(Cl)cn4)CC3)ccc2c2ccccc12. The average Bonchev–Trinajstić information content (AvgIpc) is 2.75. The van der Waals surface area contributed by atoms with Crippen molar-refractivity contribution >= 4 is 63.9 Å². The average molecular weight is 478 g/mol. The van der Waals surface area contributed by atoms with Gasteiger partial charge in [0.15, 0.2) is 0 Å². The number of hydrogen-bond donors (Lipinski definition) is 1. The monoisotopic (exact) mass is 476 g/mol. The summed E-state index contributed by atoms with van der Waals surface area (Å²) in [4.78, 5) is 24.6. The lowest BCUT2D eigenvalue weighted by Crippen LogP contribution is -2.46. The lowest BCUT2D eigenvalue weighted by atomic mass is 10.0. The molecule has 5 rings (SSSR count). The highest BCUT2D eigenvalue weighted by molar-refractivity contribution is 6.30. The highest BCUT2D eigenvalue weighted by atomic mass is 35.5. The Balaban J connectivity index is 0.00000136. The Kier molecular flexibility index (Phi) is 7.44. The van der Waals surface area contributed by atoms with Crippen LogP contribution in [-0.4, -0.2) is 41.0 Å². The minimum absolute atomic E-state index is 0. The molecule has 0 unspecified atom stereocenters. The van der Waals surface area contributed by atoms with E-state index in [-0.39, 0.29) is 30.4 Å². The number of H-pyrrole nitrogens is 1. The van der Waals surface area contributed by atoms with Crippen molar-refractivity contribution in [2.45, 2.75) is 6.54 Å². The van der Waals surface area contributed by atoms with E-state index in [1.165, 1.54) is 5.56 Å². The maximum absolute atomic E-state index is 12.4. The molecule has 0 spiro atoms. The van der Waals surface area contributed by atoms with Crippen LogP contribution in [0.1, 0.15) is 5.56 Å². The first-order valence-corrected chi connectivity index (χ1v) is 10.2. The third kappa shape index (κ3) is 4.80. The van der Waals surface area contributed by atoms with Crippen molar-refractivity contribution < 1.29 is 0 Å². The first kappa shape index (κ1) is 23.4. The first-order chi connectivity index (χ1) is 14.2. The van der Waals surface area contributed by atoms with Gasteiger partial charge in [0.2, 0.25) is 0 Å². The zero-order valence-electron chi connectivity index (χ0n) is 16.8. The number of nitrogens with one attached hydrogen (secondary N) is 1. The molecule has 0 atom stereocenters. The molecule has 0 bridgehead atoms. The van der Waals surface area contributed by atoms with Crippen molar-refractivity contribution in [2.24, 2.45) is 0 Å². The molecular formula is C23H23Cl3N4O. The van der Waals surface area contributed by atoms with Crippen molar-refractivity contribution in [2.75, 3.05) is 31.1 Å². The minimum Gasteiger partial charge on any atom is -0.354 e. The van der Waals surface area contributed by atoms with Crippen LogP contribution < -0.4 is 10.5 Å². The number of nitrogens with zero attached hydrogens (tertiary/aromatic N) is 3. The number of anilines is 1. The molecule has 4 aromatic rings. The van der Waals surface area contributed by atoms with Crippen molar-refractivity contribution in [3.63, 3.8) is 0 Å². The predicted molar refractivity (Wildman–Crippen MR) is 133 cm³/mol. The third-order valence-corrected chi connectivity index (χ3v) is 5.83. The van der Waals surface area contributed by atoms with Crippen LogP contribution in [0, 0.1) is 0 Å². The summed E-state index contributed by atoms with van der Waals surface area (Å²) in [6, 6.07) is 18.0. The Morgan fingerprint density at radius 2 is 1.65 bits per heavy atom. The number of fused-ring (bicyclic) bond motifs is 3. The van der Waals surface area contributed by atoms with Crippen LogP contribution in [0.25, 0.3) is 21.7 Å². The molecular weight excluding hydrogens is 455 g/mol. The molecule has 1 aliphatic rings. The maximum atomic E-state index is 12.4. The van der Waals surface area contributed by atoms with E-state index in [0.717, 1.165) is 60.2 Å². The van der Waals surface area contributed by atoms with Crippen molar-refractivity contribution in [1.29, 1.82) is 0 Å². The summed E-state index contributed by atoms with van der Waals surface area (Å²) < 4.78 is 0. The lowest BCUT2D eigenvalue weighted by Gasteiger charge is -2.35. The molecule has 2 aromatic heterocycles. The zero-order valence-corrected chi connectivity index (χ0v) is 19.1. The van der Waals surface area contributed by atoms with Gasteiger partial charge in [0.25, 0.3) is 5.56 Å². The second-order valence-corrected chi connectivity index (χ2v) is 7.91. The second kappa shape index (κ2) is 9.88. The fraction of sp³-hybridized carbons (Fsp3) is 0.217. The number of halogens is 3. The van der Waals surface area contributed by atoms with Gasteiger partial charge in [-0.15, -0.1) is 24.8 Å². The molecule has 0 amide bonds. The summed E-state index contributed by atoms with van der Waals surface area (Å²) in [5.41, 5.74) is 2.08. The normalized spacial score (nSPS) is 14.3. The van der Waals surface area contributed by atoms with Crippen LogP contribution in [0.3, 0.4) is 0 Å². The highest BCUT2D eigenvalue weighted by Crippen LogP contribution is 2.23. The molecule has 1 aliphatic heterocycles. The van der Waals surface area contributed by atoms with E-state index in [1.54, 1.807) is 6.20 Å². The summed E-state index contributed by atoms with van der Waals surface area (Å²) in [5, 5.41) is 3.48. The zero-order chi connectivity index (χ0) is 19.8. The fourth-order valence-corrected chi connectivity index (χ4v) is 4.19. The molecule has 0 aliphatic carbocycles. The molecule has 2 aromatic carbocycles. The summed E-state index contributed by atoms with van der Waals surface area (Å²) >= 11 is 5.94. The Hall–Kier alpha value is -2.31. The minimum atomic E-state index is -0.0330. The Labute approximate surface area is 197 Å². The van der Waals surface area contributed by atoms with E-state index < -0.39 is 0 Å². The number of aromatic nitrogens is 2. The molecule has 1 saturated heterocycles. The summed E-state index contributed by atoms with van der Waals surface area (Å²) in [7, 11) is 0. The lowest BCUT2D eigenvalue weighted by molar-refractivity contribution is 0.249. The molecule has 3 heterocycles. The highest BCUT2D eigenvalue weighted by Gasteiger charge is 2.18. The van der Waals surface area contributed by atoms with Crippen LogP contribution in [-0.2, 0) is 6.54 Å². The third-order valence-electron chi connectivity index (χ3n) is 5.61. The largest absolute Gasteiger partial charge is 0.354 e. The van der Waals surface area contributed by atoms with E-state index in [2.05, 4.69) is 38.0 Å². The summed E-state index contributed by atoms with van der Waals surface area (Å²) in [5.74, 6) is 0.976. The fourth-order valence-electron chi connectivity index (χ4n) is 4.08. The van der Waals surface area contributed by atoms with Gasteiger partial charge in [0.1, 0.15) is 5.82 Å². The predicted octanol–water partition coefficient (Wildman–Crippen LogP) is 4.90. The topological polar surface area (TPSA) is 52.2 Å². The van der Waals surface area contributed by atoms with Gasteiger partial charge in [0, 0.05) is 55.2 Å². The molecule has 0 radical (unpaired) electrons. The first-order valence-electron chi connectivity index (χ1n) is 9.80. The number of benzene rings is 2.